The fraction of sp³-hybridized carbons (Fsp3) is 0.158. The molecule has 2 heterocycles. The van der Waals surface area contributed by atoms with Gasteiger partial charge < -0.3 is 4.74 Å². The molecule has 7 nitrogen and oxygen atoms in total. The number of thiazole rings is 1. The summed E-state index contributed by atoms with van der Waals surface area (Å²) in [4.78, 5) is 5.12. The predicted molar refractivity (Wildman–Crippen MR) is 108 cm³/mol. The molecule has 0 spiro atoms. The van der Waals surface area contributed by atoms with Crippen LogP contribution in [-0.4, -0.2) is 36.7 Å². The number of nitrogens with one attached hydrogen (secondary N) is 1. The third-order valence-corrected chi connectivity index (χ3v) is 6.61. The highest BCUT2D eigenvalue weighted by molar-refractivity contribution is 7.89. The molecular weight excluding hydrogens is 415 g/mol. The summed E-state index contributed by atoms with van der Waals surface area (Å²) in [6.45, 7) is 0.181. The van der Waals surface area contributed by atoms with Gasteiger partial charge in [0.15, 0.2) is 5.82 Å². The van der Waals surface area contributed by atoms with Gasteiger partial charge in [-0.05, 0) is 24.3 Å². The van der Waals surface area contributed by atoms with E-state index in [1.54, 1.807) is 34.8 Å². The molecule has 0 aliphatic rings. The van der Waals surface area contributed by atoms with E-state index >= 15 is 0 Å². The number of hydrogen-bond acceptors (Lipinski definition) is 6. The topological polar surface area (TPSA) is 85.6 Å². The molecule has 0 amide bonds. The minimum absolute atomic E-state index is 0.134. The molecule has 10 heteroatoms. The van der Waals surface area contributed by atoms with Crippen molar-refractivity contribution in [1.29, 1.82) is 0 Å². The van der Waals surface area contributed by atoms with Crippen LogP contribution >= 0.6 is 11.3 Å². The second-order valence-corrected chi connectivity index (χ2v) is 8.77. The molecule has 0 aliphatic carbocycles. The number of halogens is 1. The Morgan fingerprint density at radius 1 is 1.21 bits per heavy atom. The number of nitrogens with zero attached hydrogens (tertiary/aromatic N) is 3. The Balaban J connectivity index is 1.49. The van der Waals surface area contributed by atoms with E-state index in [2.05, 4.69) is 14.8 Å². The second kappa shape index (κ2) is 7.90. The van der Waals surface area contributed by atoms with Gasteiger partial charge in [0.05, 0.1) is 23.3 Å². The Labute approximate surface area is 170 Å². The second-order valence-electron chi connectivity index (χ2n) is 6.16. The highest BCUT2D eigenvalue weighted by Crippen LogP contribution is 2.23. The lowest BCUT2D eigenvalue weighted by Gasteiger charge is -2.07. The van der Waals surface area contributed by atoms with Crippen molar-refractivity contribution in [2.24, 2.45) is 0 Å². The first-order chi connectivity index (χ1) is 14.0. The number of fused-ring (bicyclic) bond motifs is 1. The summed E-state index contributed by atoms with van der Waals surface area (Å²) in [7, 11) is -2.18. The normalized spacial score (nSPS) is 11.8. The van der Waals surface area contributed by atoms with Crippen molar-refractivity contribution >= 4 is 26.3 Å². The number of sulfonamides is 1. The van der Waals surface area contributed by atoms with Crippen LogP contribution in [-0.2, 0) is 16.4 Å². The summed E-state index contributed by atoms with van der Waals surface area (Å²) in [5.74, 6) is 0.377. The SMILES string of the molecule is COc1cccc(S(=O)(=O)NCCc2csc3nc(-c4ccccc4F)nn23)c1. The lowest BCUT2D eigenvalue weighted by Crippen LogP contribution is -2.26. The summed E-state index contributed by atoms with van der Waals surface area (Å²) < 4.78 is 48.2. The fourth-order valence-corrected chi connectivity index (χ4v) is 4.74. The first-order valence-corrected chi connectivity index (χ1v) is 11.1. The van der Waals surface area contributed by atoms with Crippen LogP contribution < -0.4 is 9.46 Å². The van der Waals surface area contributed by atoms with Crippen LogP contribution in [0, 0.1) is 5.82 Å². The Morgan fingerprint density at radius 2 is 2.03 bits per heavy atom. The van der Waals surface area contributed by atoms with Crippen molar-refractivity contribution in [2.45, 2.75) is 11.3 Å². The first kappa shape index (κ1) is 19.5. The molecule has 2 aromatic heterocycles. The van der Waals surface area contributed by atoms with E-state index in [1.807, 2.05) is 5.38 Å². The van der Waals surface area contributed by atoms with Gasteiger partial charge in [-0.3, -0.25) is 0 Å². The van der Waals surface area contributed by atoms with E-state index in [4.69, 9.17) is 4.74 Å². The molecule has 2 aromatic carbocycles. The lowest BCUT2D eigenvalue weighted by atomic mass is 10.2. The number of methoxy groups -OCH3 is 1. The number of aromatic nitrogens is 3. The molecular formula is C19H17FN4O3S2. The quantitative estimate of drug-likeness (QED) is 0.485. The zero-order valence-corrected chi connectivity index (χ0v) is 17.0. The van der Waals surface area contributed by atoms with Crippen molar-refractivity contribution in [1.82, 2.24) is 19.3 Å². The molecule has 0 unspecified atom stereocenters. The monoisotopic (exact) mass is 432 g/mol. The number of ether oxygens (including phenoxy) is 1. The smallest absolute Gasteiger partial charge is 0.240 e. The highest BCUT2D eigenvalue weighted by atomic mass is 32.2. The molecule has 4 aromatic rings. The van der Waals surface area contributed by atoms with Crippen LogP contribution in [0.1, 0.15) is 5.69 Å². The van der Waals surface area contributed by atoms with Crippen LogP contribution in [0.5, 0.6) is 5.75 Å². The third kappa shape index (κ3) is 4.00. The summed E-state index contributed by atoms with van der Waals surface area (Å²) in [6.07, 6.45) is 0.406. The average Bonchev–Trinajstić information content (AvgIpc) is 3.30. The number of rotatable bonds is 7. The van der Waals surface area contributed by atoms with E-state index in [0.717, 1.165) is 5.69 Å². The maximum Gasteiger partial charge on any atom is 0.240 e. The van der Waals surface area contributed by atoms with E-state index in [9.17, 15) is 12.8 Å². The Kier molecular flexibility index (Phi) is 5.31. The summed E-state index contributed by atoms with van der Waals surface area (Å²) in [5, 5.41) is 6.24. The first-order valence-electron chi connectivity index (χ1n) is 8.70. The largest absolute Gasteiger partial charge is 0.497 e. The van der Waals surface area contributed by atoms with Crippen LogP contribution in [0.4, 0.5) is 4.39 Å². The van der Waals surface area contributed by atoms with E-state index < -0.39 is 15.8 Å². The van der Waals surface area contributed by atoms with E-state index in [1.165, 1.54) is 36.6 Å². The maximum atomic E-state index is 14.0. The van der Waals surface area contributed by atoms with Gasteiger partial charge in [0.25, 0.3) is 0 Å². The van der Waals surface area contributed by atoms with Crippen LogP contribution in [0.3, 0.4) is 0 Å². The van der Waals surface area contributed by atoms with E-state index in [-0.39, 0.29) is 11.4 Å². The summed E-state index contributed by atoms with van der Waals surface area (Å²) in [6, 6.07) is 12.6. The van der Waals surface area contributed by atoms with Gasteiger partial charge in [0.1, 0.15) is 11.6 Å². The van der Waals surface area contributed by atoms with E-state index in [0.29, 0.717) is 28.5 Å². The Morgan fingerprint density at radius 3 is 2.83 bits per heavy atom. The van der Waals surface area contributed by atoms with Gasteiger partial charge in [-0.15, -0.1) is 16.4 Å². The van der Waals surface area contributed by atoms with Crippen molar-refractivity contribution < 1.29 is 17.5 Å². The highest BCUT2D eigenvalue weighted by Gasteiger charge is 2.17. The molecule has 0 saturated heterocycles. The van der Waals surface area contributed by atoms with Crippen molar-refractivity contribution in [2.75, 3.05) is 13.7 Å². The van der Waals surface area contributed by atoms with Gasteiger partial charge in [-0.25, -0.2) is 22.0 Å². The van der Waals surface area contributed by atoms with Gasteiger partial charge in [0.2, 0.25) is 15.0 Å². The van der Waals surface area contributed by atoms with Crippen molar-refractivity contribution in [3.8, 4) is 17.1 Å². The van der Waals surface area contributed by atoms with Gasteiger partial charge >= 0.3 is 0 Å². The molecule has 0 aliphatic heterocycles. The molecule has 29 heavy (non-hydrogen) atoms. The molecule has 4 rings (SSSR count). The van der Waals surface area contributed by atoms with Gasteiger partial charge in [-0.2, -0.15) is 4.98 Å². The van der Waals surface area contributed by atoms with Crippen molar-refractivity contribution in [3.63, 3.8) is 0 Å². The zero-order valence-electron chi connectivity index (χ0n) is 15.4. The van der Waals surface area contributed by atoms with Gasteiger partial charge in [0, 0.05) is 24.4 Å². The molecule has 0 saturated carbocycles. The molecule has 0 radical (unpaired) electrons. The Bertz CT molecular complexity index is 1270. The zero-order chi connectivity index (χ0) is 20.4. The molecule has 0 bridgehead atoms. The average molecular weight is 433 g/mol. The third-order valence-electron chi connectivity index (χ3n) is 4.29. The van der Waals surface area contributed by atoms with Crippen LogP contribution in [0.25, 0.3) is 16.3 Å². The standard InChI is InChI=1S/C19H17FN4O3S2/c1-27-14-5-4-6-15(11-14)29(25,26)21-10-9-13-12-28-19-22-18(23-24(13)19)16-7-2-3-8-17(16)20/h2-8,11-12,21H,9-10H2,1H3. The lowest BCUT2D eigenvalue weighted by molar-refractivity contribution is 0.413. The minimum Gasteiger partial charge on any atom is -0.497 e. The maximum absolute atomic E-state index is 14.0. The van der Waals surface area contributed by atoms with Crippen LogP contribution in [0.2, 0.25) is 0 Å². The molecule has 0 atom stereocenters. The van der Waals surface area contributed by atoms with Crippen LogP contribution in [0.15, 0.2) is 58.8 Å². The Hall–Kier alpha value is -2.82. The van der Waals surface area contributed by atoms with Gasteiger partial charge in [-0.1, -0.05) is 18.2 Å². The summed E-state index contributed by atoms with van der Waals surface area (Å²) >= 11 is 1.37. The fourth-order valence-electron chi connectivity index (χ4n) is 2.82. The molecule has 150 valence electrons. The predicted octanol–water partition coefficient (Wildman–Crippen LogP) is 3.13. The molecule has 1 N–H and O–H groups in total. The number of benzene rings is 2. The minimum atomic E-state index is -3.66. The summed E-state index contributed by atoms with van der Waals surface area (Å²) in [5.41, 5.74) is 1.11. The number of hydrogen-bond donors (Lipinski definition) is 1. The molecule has 0 fully saturated rings. The van der Waals surface area contributed by atoms with Crippen molar-refractivity contribution in [3.05, 3.63) is 65.4 Å².